The number of aromatic nitrogens is 1. The highest BCUT2D eigenvalue weighted by Gasteiger charge is 2.21. The topological polar surface area (TPSA) is 63.2 Å². The van der Waals surface area contributed by atoms with Gasteiger partial charge >= 0.3 is 0 Å². The molecule has 1 atom stereocenters. The largest absolute Gasteiger partial charge is 0.366 e. The molecular formula is C11H17Cl2N3O2. The summed E-state index contributed by atoms with van der Waals surface area (Å²) in [5, 5.41) is 5.84. The molecule has 1 aromatic rings. The van der Waals surface area contributed by atoms with Crippen LogP contribution < -0.4 is 10.6 Å². The molecule has 1 aromatic heterocycles. The molecule has 1 saturated heterocycles. The van der Waals surface area contributed by atoms with Gasteiger partial charge in [0.25, 0.3) is 5.91 Å². The van der Waals surface area contributed by atoms with E-state index in [1.807, 2.05) is 19.1 Å². The van der Waals surface area contributed by atoms with Crippen molar-refractivity contribution in [2.24, 2.45) is 0 Å². The first-order valence-electron chi connectivity index (χ1n) is 5.31. The zero-order valence-corrected chi connectivity index (χ0v) is 11.6. The Kier molecular flexibility index (Phi) is 7.86. The molecule has 7 heteroatoms. The number of morpholine rings is 1. The maximum atomic E-state index is 11.8. The number of aryl methyl sites for hydroxylation is 1. The molecule has 2 N–H and O–H groups in total. The first-order chi connectivity index (χ1) is 7.75. The van der Waals surface area contributed by atoms with Crippen molar-refractivity contribution in [1.82, 2.24) is 10.3 Å². The van der Waals surface area contributed by atoms with Crippen LogP contribution in [-0.2, 0) is 9.53 Å². The van der Waals surface area contributed by atoms with E-state index in [2.05, 4.69) is 15.6 Å². The van der Waals surface area contributed by atoms with Crippen LogP contribution in [0.5, 0.6) is 0 Å². The van der Waals surface area contributed by atoms with Gasteiger partial charge in [-0.25, -0.2) is 4.98 Å². The van der Waals surface area contributed by atoms with E-state index in [1.54, 1.807) is 6.20 Å². The molecule has 2 heterocycles. The Labute approximate surface area is 119 Å². The van der Waals surface area contributed by atoms with Crippen molar-refractivity contribution in [3.8, 4) is 0 Å². The van der Waals surface area contributed by atoms with E-state index >= 15 is 0 Å². The number of hydrogen-bond acceptors (Lipinski definition) is 4. The van der Waals surface area contributed by atoms with Crippen LogP contribution in [0.1, 0.15) is 5.56 Å². The average molecular weight is 294 g/mol. The van der Waals surface area contributed by atoms with Gasteiger partial charge in [0, 0.05) is 19.3 Å². The number of rotatable bonds is 2. The predicted molar refractivity (Wildman–Crippen MR) is 74.7 cm³/mol. The molecule has 5 nitrogen and oxygen atoms in total. The Morgan fingerprint density at radius 3 is 2.94 bits per heavy atom. The first-order valence-corrected chi connectivity index (χ1v) is 5.31. The number of nitrogens with zero attached hydrogens (tertiary/aromatic N) is 1. The number of halogens is 2. The highest BCUT2D eigenvalue weighted by atomic mass is 35.5. The summed E-state index contributed by atoms with van der Waals surface area (Å²) in [6.45, 7) is 3.87. The van der Waals surface area contributed by atoms with E-state index in [-0.39, 0.29) is 30.7 Å². The summed E-state index contributed by atoms with van der Waals surface area (Å²) < 4.78 is 5.34. The normalized spacial score (nSPS) is 18.2. The fraction of sp³-hybridized carbons (Fsp3) is 0.455. The van der Waals surface area contributed by atoms with Gasteiger partial charge in [0.15, 0.2) is 0 Å². The third kappa shape index (κ3) is 4.78. The van der Waals surface area contributed by atoms with Gasteiger partial charge < -0.3 is 15.4 Å². The Bertz CT molecular complexity index is 384. The van der Waals surface area contributed by atoms with E-state index in [1.165, 1.54) is 0 Å². The van der Waals surface area contributed by atoms with Crippen LogP contribution in [0.15, 0.2) is 18.3 Å². The van der Waals surface area contributed by atoms with Gasteiger partial charge in [-0.3, -0.25) is 4.79 Å². The molecule has 1 fully saturated rings. The quantitative estimate of drug-likeness (QED) is 0.859. The molecule has 0 bridgehead atoms. The molecular weight excluding hydrogens is 277 g/mol. The van der Waals surface area contributed by atoms with E-state index in [4.69, 9.17) is 4.74 Å². The number of hydrogen-bond donors (Lipinski definition) is 2. The van der Waals surface area contributed by atoms with Crippen molar-refractivity contribution < 1.29 is 9.53 Å². The Morgan fingerprint density at radius 2 is 2.33 bits per heavy atom. The molecule has 1 aliphatic rings. The maximum Gasteiger partial charge on any atom is 0.255 e. The van der Waals surface area contributed by atoms with Gasteiger partial charge in [-0.2, -0.15) is 0 Å². The number of amides is 1. The molecule has 102 valence electrons. The molecule has 0 radical (unpaired) electrons. The van der Waals surface area contributed by atoms with E-state index in [0.717, 1.165) is 12.1 Å². The Balaban J connectivity index is 0.00000144. The second-order valence-electron chi connectivity index (χ2n) is 3.77. The second-order valence-corrected chi connectivity index (χ2v) is 3.77. The molecule has 0 saturated carbocycles. The monoisotopic (exact) mass is 293 g/mol. The SMILES string of the molecule is Cc1ccnc(NC(=O)C2CNCCO2)c1.Cl.Cl. The number of ether oxygens (including phenoxy) is 1. The summed E-state index contributed by atoms with van der Waals surface area (Å²) in [4.78, 5) is 15.8. The van der Waals surface area contributed by atoms with Crippen LogP contribution in [0.4, 0.5) is 5.82 Å². The molecule has 2 rings (SSSR count). The van der Waals surface area contributed by atoms with Crippen molar-refractivity contribution in [2.75, 3.05) is 25.0 Å². The van der Waals surface area contributed by atoms with Crippen LogP contribution in [0.3, 0.4) is 0 Å². The molecule has 1 amide bonds. The molecule has 18 heavy (non-hydrogen) atoms. The number of anilines is 1. The van der Waals surface area contributed by atoms with Gasteiger partial charge in [-0.15, -0.1) is 24.8 Å². The standard InChI is InChI=1S/C11H15N3O2.2ClH/c1-8-2-3-13-10(6-8)14-11(15)9-7-12-4-5-16-9;;/h2-3,6,9,12H,4-5,7H2,1H3,(H,13,14,15);2*1H. The van der Waals surface area contributed by atoms with Gasteiger partial charge in [0.05, 0.1) is 6.61 Å². The number of nitrogens with one attached hydrogen (secondary N) is 2. The molecule has 0 aliphatic carbocycles. The summed E-state index contributed by atoms with van der Waals surface area (Å²) in [5.41, 5.74) is 1.06. The van der Waals surface area contributed by atoms with Crippen LogP contribution in [0.25, 0.3) is 0 Å². The lowest BCUT2D eigenvalue weighted by Gasteiger charge is -2.22. The van der Waals surface area contributed by atoms with Gasteiger partial charge in [0.2, 0.25) is 0 Å². The highest BCUT2D eigenvalue weighted by molar-refractivity contribution is 5.93. The smallest absolute Gasteiger partial charge is 0.255 e. The van der Waals surface area contributed by atoms with Crippen molar-refractivity contribution in [2.45, 2.75) is 13.0 Å². The summed E-state index contributed by atoms with van der Waals surface area (Å²) in [6.07, 6.45) is 1.25. The highest BCUT2D eigenvalue weighted by Crippen LogP contribution is 2.07. The second kappa shape index (κ2) is 8.26. The molecule has 0 aromatic carbocycles. The number of carbonyl (C=O) groups is 1. The lowest BCUT2D eigenvalue weighted by Crippen LogP contribution is -2.45. The van der Waals surface area contributed by atoms with Crippen LogP contribution >= 0.6 is 24.8 Å². The minimum absolute atomic E-state index is 0. The summed E-state index contributed by atoms with van der Waals surface area (Å²) >= 11 is 0. The lowest BCUT2D eigenvalue weighted by atomic mass is 10.2. The van der Waals surface area contributed by atoms with Crippen LogP contribution in [-0.4, -0.2) is 36.7 Å². The van der Waals surface area contributed by atoms with Gasteiger partial charge in [-0.05, 0) is 24.6 Å². The zero-order valence-electron chi connectivity index (χ0n) is 10.0. The zero-order chi connectivity index (χ0) is 11.4. The lowest BCUT2D eigenvalue weighted by molar-refractivity contribution is -0.128. The van der Waals surface area contributed by atoms with Crippen molar-refractivity contribution in [3.05, 3.63) is 23.9 Å². The maximum absolute atomic E-state index is 11.8. The van der Waals surface area contributed by atoms with Crippen molar-refractivity contribution in [1.29, 1.82) is 0 Å². The Morgan fingerprint density at radius 1 is 1.56 bits per heavy atom. The van der Waals surface area contributed by atoms with Crippen molar-refractivity contribution in [3.63, 3.8) is 0 Å². The fourth-order valence-electron chi connectivity index (χ4n) is 1.55. The summed E-state index contributed by atoms with van der Waals surface area (Å²) in [6, 6.07) is 3.71. The van der Waals surface area contributed by atoms with Crippen LogP contribution in [0.2, 0.25) is 0 Å². The predicted octanol–water partition coefficient (Wildman–Crippen LogP) is 1.16. The third-order valence-corrected chi connectivity index (χ3v) is 2.39. The minimum atomic E-state index is -0.420. The van der Waals surface area contributed by atoms with E-state index < -0.39 is 6.10 Å². The van der Waals surface area contributed by atoms with Gasteiger partial charge in [-0.1, -0.05) is 0 Å². The van der Waals surface area contributed by atoms with Crippen molar-refractivity contribution >= 4 is 36.5 Å². The first kappa shape index (κ1) is 17.1. The average Bonchev–Trinajstić information content (AvgIpc) is 2.30. The fourth-order valence-corrected chi connectivity index (χ4v) is 1.55. The van der Waals surface area contributed by atoms with Gasteiger partial charge in [0.1, 0.15) is 11.9 Å². The number of carbonyl (C=O) groups excluding carboxylic acids is 1. The summed E-state index contributed by atoms with van der Waals surface area (Å²) in [7, 11) is 0. The van der Waals surface area contributed by atoms with E-state index in [9.17, 15) is 4.79 Å². The van der Waals surface area contributed by atoms with Crippen LogP contribution in [0, 0.1) is 6.92 Å². The molecule has 1 unspecified atom stereocenters. The minimum Gasteiger partial charge on any atom is -0.366 e. The molecule has 1 aliphatic heterocycles. The molecule has 0 spiro atoms. The number of pyridine rings is 1. The van der Waals surface area contributed by atoms with E-state index in [0.29, 0.717) is 19.0 Å². The summed E-state index contributed by atoms with van der Waals surface area (Å²) in [5.74, 6) is 0.421. The third-order valence-electron chi connectivity index (χ3n) is 2.39. The Hall–Kier alpha value is -0.880.